The average molecular weight is 327 g/mol. The predicted octanol–water partition coefficient (Wildman–Crippen LogP) is 0.818. The van der Waals surface area contributed by atoms with Gasteiger partial charge in [0.2, 0.25) is 5.91 Å². The first kappa shape index (κ1) is 14.0. The lowest BCUT2D eigenvalue weighted by atomic mass is 10.1. The van der Waals surface area contributed by atoms with Gasteiger partial charge in [-0.05, 0) is 35.0 Å². The van der Waals surface area contributed by atoms with Gasteiger partial charge >= 0.3 is 0 Å². The number of rotatable bonds is 2. The Balaban J connectivity index is 2.33. The molecular weight excluding hydrogens is 312 g/mol. The van der Waals surface area contributed by atoms with Crippen LogP contribution in [0.1, 0.15) is 22.3 Å². The molecule has 2 unspecified atom stereocenters. The number of nitrogens with zero attached hydrogens (tertiary/aromatic N) is 1. The van der Waals surface area contributed by atoms with Crippen LogP contribution in [0.4, 0.5) is 0 Å². The Hall–Kier alpha value is -1.40. The number of carbonyl (C=O) groups is 2. The van der Waals surface area contributed by atoms with E-state index in [1.807, 2.05) is 13.0 Å². The highest BCUT2D eigenvalue weighted by atomic mass is 79.9. The highest BCUT2D eigenvalue weighted by molar-refractivity contribution is 9.10. The van der Waals surface area contributed by atoms with Gasteiger partial charge in [0.1, 0.15) is 6.04 Å². The summed E-state index contributed by atoms with van der Waals surface area (Å²) >= 11 is 3.32. The second-order valence-electron chi connectivity index (χ2n) is 4.75. The van der Waals surface area contributed by atoms with Gasteiger partial charge in [-0.25, -0.2) is 0 Å². The summed E-state index contributed by atoms with van der Waals surface area (Å²) in [6, 6.07) is 4.67. The summed E-state index contributed by atoms with van der Waals surface area (Å²) in [6.45, 7) is 2.01. The van der Waals surface area contributed by atoms with E-state index < -0.39 is 18.1 Å². The maximum atomic E-state index is 12.5. The van der Waals surface area contributed by atoms with Crippen LogP contribution in [0.25, 0.3) is 0 Å². The van der Waals surface area contributed by atoms with Crippen LogP contribution >= 0.6 is 15.9 Å². The van der Waals surface area contributed by atoms with Crippen LogP contribution in [-0.4, -0.2) is 40.5 Å². The Morgan fingerprint density at radius 1 is 1.47 bits per heavy atom. The van der Waals surface area contributed by atoms with Crippen molar-refractivity contribution in [3.8, 4) is 0 Å². The largest absolute Gasteiger partial charge is 0.391 e. The van der Waals surface area contributed by atoms with Crippen LogP contribution in [0.3, 0.4) is 0 Å². The smallest absolute Gasteiger partial charge is 0.255 e. The highest BCUT2D eigenvalue weighted by Crippen LogP contribution is 2.25. The van der Waals surface area contributed by atoms with Crippen molar-refractivity contribution in [1.29, 1.82) is 0 Å². The minimum atomic E-state index is -0.741. The normalized spacial score (nSPS) is 22.6. The number of halogens is 1. The third-order valence-electron chi connectivity index (χ3n) is 3.22. The zero-order valence-corrected chi connectivity index (χ0v) is 12.1. The molecule has 1 saturated heterocycles. The Morgan fingerprint density at radius 2 is 2.16 bits per heavy atom. The van der Waals surface area contributed by atoms with Crippen molar-refractivity contribution in [3.63, 3.8) is 0 Å². The molecule has 0 radical (unpaired) electrons. The molecule has 1 heterocycles. The first-order chi connectivity index (χ1) is 8.90. The van der Waals surface area contributed by atoms with E-state index in [0.29, 0.717) is 10.0 Å². The standard InChI is InChI=1S/C13H15BrN2O3/c1-7-2-3-10(14)9(4-7)13(19)16-6-8(17)5-11(16)12(15)18/h2-4,8,11,17H,5-6H2,1H3,(H2,15,18). The zero-order chi connectivity index (χ0) is 14.2. The van der Waals surface area contributed by atoms with Crippen LogP contribution < -0.4 is 5.73 Å². The molecule has 0 saturated carbocycles. The first-order valence-electron chi connectivity index (χ1n) is 5.94. The maximum absolute atomic E-state index is 12.5. The summed E-state index contributed by atoms with van der Waals surface area (Å²) in [4.78, 5) is 25.1. The van der Waals surface area contributed by atoms with Gasteiger partial charge in [-0.3, -0.25) is 9.59 Å². The molecule has 102 valence electrons. The lowest BCUT2D eigenvalue weighted by molar-refractivity contribution is -0.121. The van der Waals surface area contributed by atoms with E-state index in [2.05, 4.69) is 15.9 Å². The van der Waals surface area contributed by atoms with Gasteiger partial charge in [0.15, 0.2) is 0 Å². The molecule has 0 spiro atoms. The van der Waals surface area contributed by atoms with E-state index in [9.17, 15) is 14.7 Å². The van der Waals surface area contributed by atoms with E-state index in [1.165, 1.54) is 4.90 Å². The molecule has 1 aliphatic heterocycles. The molecule has 1 aliphatic rings. The Bertz CT molecular complexity index is 533. The molecule has 2 atom stereocenters. The van der Waals surface area contributed by atoms with Crippen molar-refractivity contribution in [3.05, 3.63) is 33.8 Å². The minimum Gasteiger partial charge on any atom is -0.391 e. The van der Waals surface area contributed by atoms with Crippen LogP contribution in [0.2, 0.25) is 0 Å². The molecule has 6 heteroatoms. The molecular formula is C13H15BrN2O3. The molecule has 1 aromatic rings. The molecule has 1 fully saturated rings. The van der Waals surface area contributed by atoms with Crippen molar-refractivity contribution in [2.45, 2.75) is 25.5 Å². The number of hydrogen-bond donors (Lipinski definition) is 2. The third-order valence-corrected chi connectivity index (χ3v) is 3.91. The molecule has 2 amide bonds. The number of amides is 2. The van der Waals surface area contributed by atoms with Crippen molar-refractivity contribution in [2.24, 2.45) is 5.73 Å². The number of hydrogen-bond acceptors (Lipinski definition) is 3. The molecule has 0 aliphatic carbocycles. The first-order valence-corrected chi connectivity index (χ1v) is 6.74. The van der Waals surface area contributed by atoms with Crippen molar-refractivity contribution < 1.29 is 14.7 Å². The summed E-state index contributed by atoms with van der Waals surface area (Å²) in [6.07, 6.45) is -0.505. The zero-order valence-electron chi connectivity index (χ0n) is 10.5. The molecule has 0 bridgehead atoms. The third kappa shape index (κ3) is 2.79. The second-order valence-corrected chi connectivity index (χ2v) is 5.60. The second kappa shape index (κ2) is 5.30. The van der Waals surface area contributed by atoms with E-state index in [0.717, 1.165) is 5.56 Å². The predicted molar refractivity (Wildman–Crippen MR) is 73.5 cm³/mol. The Kier molecular flexibility index (Phi) is 3.91. The van der Waals surface area contributed by atoms with Gasteiger partial charge in [-0.1, -0.05) is 11.6 Å². The molecule has 2 rings (SSSR count). The maximum Gasteiger partial charge on any atom is 0.255 e. The summed E-state index contributed by atoms with van der Waals surface area (Å²) < 4.78 is 0.660. The quantitative estimate of drug-likeness (QED) is 0.843. The monoisotopic (exact) mass is 326 g/mol. The number of primary amides is 1. The number of aliphatic hydroxyl groups is 1. The topological polar surface area (TPSA) is 83.6 Å². The molecule has 0 aromatic heterocycles. The van der Waals surface area contributed by atoms with Crippen molar-refractivity contribution >= 4 is 27.7 Å². The fourth-order valence-corrected chi connectivity index (χ4v) is 2.68. The van der Waals surface area contributed by atoms with Crippen LogP contribution in [0.5, 0.6) is 0 Å². The lowest BCUT2D eigenvalue weighted by Gasteiger charge is -2.22. The number of benzene rings is 1. The van der Waals surface area contributed by atoms with E-state index in [1.54, 1.807) is 12.1 Å². The fourth-order valence-electron chi connectivity index (χ4n) is 2.27. The van der Waals surface area contributed by atoms with Crippen molar-refractivity contribution in [1.82, 2.24) is 4.90 Å². The summed E-state index contributed by atoms with van der Waals surface area (Å²) in [5, 5.41) is 9.63. The van der Waals surface area contributed by atoms with E-state index in [-0.39, 0.29) is 18.9 Å². The number of carbonyl (C=O) groups excluding carboxylic acids is 2. The number of aryl methyl sites for hydroxylation is 1. The molecule has 3 N–H and O–H groups in total. The number of β-amino-alcohol motifs (C(OH)–C–C–N with tert-alkyl or cyclic N) is 1. The Labute approximate surface area is 119 Å². The van der Waals surface area contributed by atoms with Crippen LogP contribution in [-0.2, 0) is 4.79 Å². The van der Waals surface area contributed by atoms with E-state index >= 15 is 0 Å². The van der Waals surface area contributed by atoms with Crippen LogP contribution in [0, 0.1) is 6.92 Å². The van der Waals surface area contributed by atoms with Gasteiger partial charge < -0.3 is 15.7 Å². The molecule has 1 aromatic carbocycles. The minimum absolute atomic E-state index is 0.132. The molecule has 5 nitrogen and oxygen atoms in total. The summed E-state index contributed by atoms with van der Waals surface area (Å²) in [5.74, 6) is -0.885. The lowest BCUT2D eigenvalue weighted by Crippen LogP contribution is -2.43. The summed E-state index contributed by atoms with van der Waals surface area (Å²) in [7, 11) is 0. The van der Waals surface area contributed by atoms with E-state index in [4.69, 9.17) is 5.73 Å². The fraction of sp³-hybridized carbons (Fsp3) is 0.385. The molecule has 19 heavy (non-hydrogen) atoms. The highest BCUT2D eigenvalue weighted by Gasteiger charge is 2.38. The van der Waals surface area contributed by atoms with Crippen LogP contribution in [0.15, 0.2) is 22.7 Å². The average Bonchev–Trinajstić information content (AvgIpc) is 2.74. The number of likely N-dealkylation sites (tertiary alicyclic amines) is 1. The Morgan fingerprint density at radius 3 is 2.79 bits per heavy atom. The summed E-state index contributed by atoms with van der Waals surface area (Å²) in [5.41, 5.74) is 6.70. The number of aliphatic hydroxyl groups excluding tert-OH is 1. The van der Waals surface area contributed by atoms with Gasteiger partial charge in [-0.2, -0.15) is 0 Å². The number of nitrogens with two attached hydrogens (primary N) is 1. The SMILES string of the molecule is Cc1ccc(Br)c(C(=O)N2CC(O)CC2C(N)=O)c1. The van der Waals surface area contributed by atoms with Gasteiger partial charge in [0, 0.05) is 17.4 Å². The van der Waals surface area contributed by atoms with Gasteiger partial charge in [-0.15, -0.1) is 0 Å². The van der Waals surface area contributed by atoms with Gasteiger partial charge in [0.05, 0.1) is 11.7 Å². The van der Waals surface area contributed by atoms with Gasteiger partial charge in [0.25, 0.3) is 5.91 Å². The van der Waals surface area contributed by atoms with Crippen molar-refractivity contribution in [2.75, 3.05) is 6.54 Å².